The standard InChI is InChI=1S/C20H37N7/c1-4-21-20(22-8-5-10-26-11-6-9-24(2)13-14-26)27-12-7-18(17-27)19-15-23-25(3)16-19/h15-16,18H,4-14,17H2,1-3H3,(H,21,22). The van der Waals surface area contributed by atoms with Crippen molar-refractivity contribution >= 4 is 5.96 Å². The zero-order valence-electron chi connectivity index (χ0n) is 17.4. The van der Waals surface area contributed by atoms with E-state index < -0.39 is 0 Å². The molecule has 1 aromatic heterocycles. The molecule has 0 radical (unpaired) electrons. The molecule has 7 nitrogen and oxygen atoms in total. The molecule has 1 aromatic rings. The molecule has 7 heteroatoms. The number of aliphatic imine (C=N–C) groups is 1. The lowest BCUT2D eigenvalue weighted by Gasteiger charge is -2.22. The van der Waals surface area contributed by atoms with Crippen molar-refractivity contribution < 1.29 is 0 Å². The number of nitrogens with one attached hydrogen (secondary N) is 1. The van der Waals surface area contributed by atoms with E-state index in [2.05, 4.69) is 45.3 Å². The van der Waals surface area contributed by atoms with Crippen molar-refractivity contribution in [3.63, 3.8) is 0 Å². The van der Waals surface area contributed by atoms with Crippen LogP contribution in [-0.2, 0) is 7.05 Å². The lowest BCUT2D eigenvalue weighted by atomic mass is 10.0. The molecule has 2 aliphatic heterocycles. The largest absolute Gasteiger partial charge is 0.357 e. The Morgan fingerprint density at radius 1 is 1.22 bits per heavy atom. The van der Waals surface area contributed by atoms with Crippen LogP contribution in [0.1, 0.15) is 37.7 Å². The molecule has 2 aliphatic rings. The minimum atomic E-state index is 0.566. The summed E-state index contributed by atoms with van der Waals surface area (Å²) in [5, 5.41) is 7.82. The maximum atomic E-state index is 4.93. The Morgan fingerprint density at radius 2 is 2.11 bits per heavy atom. The lowest BCUT2D eigenvalue weighted by Crippen LogP contribution is -2.40. The molecule has 0 amide bonds. The quantitative estimate of drug-likeness (QED) is 0.460. The number of hydrogen-bond donors (Lipinski definition) is 1. The Labute approximate surface area is 164 Å². The first-order chi connectivity index (χ1) is 13.2. The van der Waals surface area contributed by atoms with Crippen LogP contribution in [0.15, 0.2) is 17.4 Å². The van der Waals surface area contributed by atoms with E-state index in [9.17, 15) is 0 Å². The first-order valence-corrected chi connectivity index (χ1v) is 10.6. The van der Waals surface area contributed by atoms with Gasteiger partial charge in [-0.1, -0.05) is 0 Å². The first-order valence-electron chi connectivity index (χ1n) is 10.6. The third kappa shape index (κ3) is 5.94. The van der Waals surface area contributed by atoms with E-state index in [1.807, 2.05) is 17.9 Å². The number of guanidine groups is 1. The van der Waals surface area contributed by atoms with Crippen LogP contribution in [-0.4, -0.2) is 96.4 Å². The van der Waals surface area contributed by atoms with E-state index in [1.54, 1.807) is 0 Å². The van der Waals surface area contributed by atoms with E-state index in [0.29, 0.717) is 5.92 Å². The smallest absolute Gasteiger partial charge is 0.193 e. The monoisotopic (exact) mass is 375 g/mol. The van der Waals surface area contributed by atoms with E-state index in [-0.39, 0.29) is 0 Å². The van der Waals surface area contributed by atoms with Gasteiger partial charge in [0.05, 0.1) is 6.20 Å². The predicted octanol–water partition coefficient (Wildman–Crippen LogP) is 1.20. The second-order valence-corrected chi connectivity index (χ2v) is 7.97. The van der Waals surface area contributed by atoms with Gasteiger partial charge < -0.3 is 20.0 Å². The van der Waals surface area contributed by atoms with Crippen molar-refractivity contribution in [2.75, 3.05) is 66.0 Å². The summed E-state index contributed by atoms with van der Waals surface area (Å²) in [5.74, 6) is 1.65. The van der Waals surface area contributed by atoms with Gasteiger partial charge in [0, 0.05) is 58.4 Å². The average molecular weight is 376 g/mol. The Hall–Kier alpha value is -1.60. The summed E-state index contributed by atoms with van der Waals surface area (Å²) in [6.07, 6.45) is 7.76. The van der Waals surface area contributed by atoms with Gasteiger partial charge in [0.2, 0.25) is 0 Å². The molecule has 0 spiro atoms. The number of aryl methyl sites for hydroxylation is 1. The lowest BCUT2D eigenvalue weighted by molar-refractivity contribution is 0.275. The average Bonchev–Trinajstić information content (AvgIpc) is 3.25. The summed E-state index contributed by atoms with van der Waals surface area (Å²) >= 11 is 0. The molecule has 1 unspecified atom stereocenters. The minimum absolute atomic E-state index is 0.566. The fraction of sp³-hybridized carbons (Fsp3) is 0.800. The molecule has 27 heavy (non-hydrogen) atoms. The van der Waals surface area contributed by atoms with Gasteiger partial charge in [-0.3, -0.25) is 9.67 Å². The second-order valence-electron chi connectivity index (χ2n) is 7.97. The number of likely N-dealkylation sites (N-methyl/N-ethyl adjacent to an activating group) is 1. The molecule has 2 saturated heterocycles. The maximum absolute atomic E-state index is 4.93. The van der Waals surface area contributed by atoms with Crippen molar-refractivity contribution in [2.24, 2.45) is 12.0 Å². The van der Waals surface area contributed by atoms with Gasteiger partial charge in [-0.05, 0) is 58.4 Å². The highest BCUT2D eigenvalue weighted by Gasteiger charge is 2.26. The predicted molar refractivity (Wildman–Crippen MR) is 111 cm³/mol. The molecule has 0 aromatic carbocycles. The SMILES string of the molecule is CCNC(=NCCCN1CCCN(C)CC1)N1CCC(c2cnn(C)c2)C1. The number of hydrogen-bond acceptors (Lipinski definition) is 4. The van der Waals surface area contributed by atoms with Crippen LogP contribution >= 0.6 is 0 Å². The van der Waals surface area contributed by atoms with Crippen LogP contribution in [0, 0.1) is 0 Å². The molecule has 3 rings (SSSR count). The Balaban J connectivity index is 1.46. The summed E-state index contributed by atoms with van der Waals surface area (Å²) < 4.78 is 1.90. The van der Waals surface area contributed by atoms with Crippen LogP contribution in [0.25, 0.3) is 0 Å². The van der Waals surface area contributed by atoms with Gasteiger partial charge in [0.25, 0.3) is 0 Å². The molecular formula is C20H37N7. The van der Waals surface area contributed by atoms with E-state index in [4.69, 9.17) is 4.99 Å². The molecule has 2 fully saturated rings. The number of nitrogens with zero attached hydrogens (tertiary/aromatic N) is 6. The van der Waals surface area contributed by atoms with Crippen LogP contribution in [0.2, 0.25) is 0 Å². The topological polar surface area (TPSA) is 51.9 Å². The van der Waals surface area contributed by atoms with Crippen LogP contribution in [0.4, 0.5) is 0 Å². The molecule has 1 atom stereocenters. The van der Waals surface area contributed by atoms with Crippen molar-refractivity contribution in [2.45, 2.75) is 32.1 Å². The summed E-state index contributed by atoms with van der Waals surface area (Å²) in [6.45, 7) is 12.1. The minimum Gasteiger partial charge on any atom is -0.357 e. The van der Waals surface area contributed by atoms with E-state index in [0.717, 1.165) is 45.1 Å². The van der Waals surface area contributed by atoms with Crippen molar-refractivity contribution in [3.05, 3.63) is 18.0 Å². The molecule has 0 aliphatic carbocycles. The third-order valence-electron chi connectivity index (χ3n) is 5.73. The molecule has 152 valence electrons. The summed E-state index contributed by atoms with van der Waals surface area (Å²) in [4.78, 5) is 12.4. The van der Waals surface area contributed by atoms with Gasteiger partial charge in [-0.15, -0.1) is 0 Å². The summed E-state index contributed by atoms with van der Waals surface area (Å²) in [7, 11) is 4.22. The first kappa shape index (κ1) is 20.1. The van der Waals surface area contributed by atoms with Gasteiger partial charge in [-0.2, -0.15) is 5.10 Å². The zero-order valence-corrected chi connectivity index (χ0v) is 17.4. The number of rotatable bonds is 6. The molecule has 0 bridgehead atoms. The van der Waals surface area contributed by atoms with Crippen LogP contribution in [0.5, 0.6) is 0 Å². The highest BCUT2D eigenvalue weighted by molar-refractivity contribution is 5.80. The van der Waals surface area contributed by atoms with Gasteiger partial charge in [0.1, 0.15) is 0 Å². The van der Waals surface area contributed by atoms with Gasteiger partial charge >= 0.3 is 0 Å². The number of aromatic nitrogens is 2. The maximum Gasteiger partial charge on any atom is 0.193 e. The van der Waals surface area contributed by atoms with Crippen molar-refractivity contribution in [1.29, 1.82) is 0 Å². The highest BCUT2D eigenvalue weighted by atomic mass is 15.3. The Morgan fingerprint density at radius 3 is 2.89 bits per heavy atom. The normalized spacial score (nSPS) is 23.0. The van der Waals surface area contributed by atoms with Gasteiger partial charge in [0.15, 0.2) is 5.96 Å². The van der Waals surface area contributed by atoms with E-state index >= 15 is 0 Å². The molecule has 3 heterocycles. The van der Waals surface area contributed by atoms with Crippen molar-refractivity contribution in [1.82, 2.24) is 29.8 Å². The van der Waals surface area contributed by atoms with Crippen LogP contribution in [0.3, 0.4) is 0 Å². The second kappa shape index (κ2) is 10.1. The highest BCUT2D eigenvalue weighted by Crippen LogP contribution is 2.26. The fourth-order valence-corrected chi connectivity index (χ4v) is 4.10. The van der Waals surface area contributed by atoms with E-state index in [1.165, 1.54) is 44.6 Å². The van der Waals surface area contributed by atoms with Crippen molar-refractivity contribution in [3.8, 4) is 0 Å². The molecule has 1 N–H and O–H groups in total. The van der Waals surface area contributed by atoms with Gasteiger partial charge in [-0.25, -0.2) is 0 Å². The Bertz CT molecular complexity index is 597. The summed E-state index contributed by atoms with van der Waals surface area (Å²) in [5.41, 5.74) is 1.35. The fourth-order valence-electron chi connectivity index (χ4n) is 4.10. The summed E-state index contributed by atoms with van der Waals surface area (Å²) in [6, 6.07) is 0. The molecular weight excluding hydrogens is 338 g/mol. The zero-order chi connectivity index (χ0) is 19.1. The van der Waals surface area contributed by atoms with Crippen LogP contribution < -0.4 is 5.32 Å². The number of likely N-dealkylation sites (tertiary alicyclic amines) is 1. The Kier molecular flexibility index (Phi) is 7.52. The third-order valence-corrected chi connectivity index (χ3v) is 5.73. The molecule has 0 saturated carbocycles.